The van der Waals surface area contributed by atoms with Gasteiger partial charge in [0.15, 0.2) is 23.3 Å². The van der Waals surface area contributed by atoms with Crippen LogP contribution in [0, 0.1) is 11.6 Å². The lowest BCUT2D eigenvalue weighted by atomic mass is 10.2. The molecule has 0 bridgehead atoms. The number of nitrogens with two attached hydrogens (primary N) is 1. The highest BCUT2D eigenvalue weighted by atomic mass is 19.1. The van der Waals surface area contributed by atoms with Crippen LogP contribution in [0.1, 0.15) is 13.3 Å². The topological polar surface area (TPSA) is 66.2 Å². The molecule has 7 heteroatoms. The van der Waals surface area contributed by atoms with Gasteiger partial charge in [0.1, 0.15) is 0 Å². The zero-order valence-electron chi connectivity index (χ0n) is 10.8. The molecule has 0 fully saturated rings. The van der Waals surface area contributed by atoms with Gasteiger partial charge < -0.3 is 15.6 Å². The van der Waals surface area contributed by atoms with E-state index in [-0.39, 0.29) is 17.7 Å². The van der Waals surface area contributed by atoms with Gasteiger partial charge in [-0.25, -0.2) is 19.6 Å². The van der Waals surface area contributed by atoms with E-state index in [1.807, 2.05) is 25.9 Å². The first-order valence-electron chi connectivity index (χ1n) is 5.68. The number of hydrogen-bond donors (Lipinski definition) is 3. The number of anilines is 2. The Morgan fingerprint density at radius 1 is 1.33 bits per heavy atom. The molecule has 0 amide bonds. The fraction of sp³-hybridized carbons (Fsp3) is 0.545. The number of nitrogen functional groups attached to an aromatic ring is 1. The summed E-state index contributed by atoms with van der Waals surface area (Å²) < 4.78 is 26.6. The van der Waals surface area contributed by atoms with Gasteiger partial charge in [-0.1, -0.05) is 0 Å². The lowest BCUT2D eigenvalue weighted by molar-refractivity contribution is 0.390. The molecule has 0 aliphatic carbocycles. The number of aromatic nitrogens is 1. The Hall–Kier alpha value is -1.47. The predicted octanol–water partition coefficient (Wildman–Crippen LogP) is 1.40. The second-order valence-electron chi connectivity index (χ2n) is 4.43. The van der Waals surface area contributed by atoms with Crippen LogP contribution in [0.4, 0.5) is 20.4 Å². The summed E-state index contributed by atoms with van der Waals surface area (Å²) in [5.74, 6) is 3.35. The van der Waals surface area contributed by atoms with Crippen molar-refractivity contribution >= 4 is 11.6 Å². The Bertz CT molecular complexity index is 397. The first-order valence-corrected chi connectivity index (χ1v) is 5.68. The molecule has 0 aliphatic rings. The maximum Gasteiger partial charge on any atom is 0.178 e. The van der Waals surface area contributed by atoms with Gasteiger partial charge in [-0.15, -0.1) is 0 Å². The summed E-state index contributed by atoms with van der Waals surface area (Å²) in [4.78, 5) is 5.77. The minimum atomic E-state index is -0.818. The molecular formula is C11H19F2N5. The summed E-state index contributed by atoms with van der Waals surface area (Å²) in [5, 5.41) is 2.89. The quantitative estimate of drug-likeness (QED) is 0.532. The predicted molar refractivity (Wildman–Crippen MR) is 68.2 cm³/mol. The summed E-state index contributed by atoms with van der Waals surface area (Å²) in [6.07, 6.45) is 0.816. The summed E-state index contributed by atoms with van der Waals surface area (Å²) in [7, 11) is 3.92. The molecule has 0 saturated heterocycles. The average molecular weight is 259 g/mol. The van der Waals surface area contributed by atoms with Crippen molar-refractivity contribution in [2.24, 2.45) is 5.84 Å². The summed E-state index contributed by atoms with van der Waals surface area (Å²) in [5.41, 5.74) is 2.09. The first-order chi connectivity index (χ1) is 8.43. The van der Waals surface area contributed by atoms with E-state index < -0.39 is 11.6 Å². The molecule has 0 aromatic carbocycles. The average Bonchev–Trinajstić information content (AvgIpc) is 2.30. The van der Waals surface area contributed by atoms with E-state index in [0.717, 1.165) is 19.0 Å². The van der Waals surface area contributed by atoms with Crippen molar-refractivity contribution in [3.8, 4) is 0 Å². The number of nitrogens with one attached hydrogen (secondary N) is 2. The molecule has 1 heterocycles. The maximum atomic E-state index is 13.5. The van der Waals surface area contributed by atoms with Crippen LogP contribution in [0.5, 0.6) is 0 Å². The lowest BCUT2D eigenvalue weighted by Crippen LogP contribution is -2.24. The molecule has 102 valence electrons. The zero-order chi connectivity index (χ0) is 13.7. The van der Waals surface area contributed by atoms with Gasteiger partial charge in [0, 0.05) is 12.1 Å². The molecule has 0 radical (unpaired) electrons. The van der Waals surface area contributed by atoms with Crippen LogP contribution in [0.25, 0.3) is 0 Å². The van der Waals surface area contributed by atoms with E-state index in [9.17, 15) is 8.78 Å². The van der Waals surface area contributed by atoms with Crippen LogP contribution in [0.2, 0.25) is 0 Å². The van der Waals surface area contributed by atoms with Crippen molar-refractivity contribution in [3.05, 3.63) is 17.7 Å². The van der Waals surface area contributed by atoms with Crippen LogP contribution in [-0.4, -0.2) is 36.6 Å². The van der Waals surface area contributed by atoms with Crippen molar-refractivity contribution in [1.82, 2.24) is 9.88 Å². The summed E-state index contributed by atoms with van der Waals surface area (Å²) in [6.45, 7) is 2.77. The Kier molecular flexibility index (Phi) is 5.24. The molecule has 1 aromatic heterocycles. The van der Waals surface area contributed by atoms with Crippen molar-refractivity contribution < 1.29 is 8.78 Å². The standard InChI is InChI=1S/C11H19F2N5/c1-7(4-5-18(2)3)15-10-8(12)6-9(13)11(16-10)17-14/h6-7H,4-5,14H2,1-3H3,(H2,15,16,17). The molecule has 1 unspecified atom stereocenters. The Morgan fingerprint density at radius 2 is 1.94 bits per heavy atom. The van der Waals surface area contributed by atoms with Gasteiger partial charge in [0.05, 0.1) is 0 Å². The molecule has 5 nitrogen and oxygen atoms in total. The largest absolute Gasteiger partial charge is 0.365 e. The van der Waals surface area contributed by atoms with Gasteiger partial charge in [-0.05, 0) is 34.0 Å². The molecule has 0 aliphatic heterocycles. The molecule has 0 saturated carbocycles. The van der Waals surface area contributed by atoms with E-state index in [1.54, 1.807) is 0 Å². The number of pyridine rings is 1. The van der Waals surface area contributed by atoms with E-state index in [0.29, 0.717) is 0 Å². The van der Waals surface area contributed by atoms with Gasteiger partial charge in [0.25, 0.3) is 0 Å². The van der Waals surface area contributed by atoms with E-state index in [2.05, 4.69) is 15.7 Å². The second kappa shape index (κ2) is 6.46. The maximum absolute atomic E-state index is 13.5. The van der Waals surface area contributed by atoms with Crippen LogP contribution in [-0.2, 0) is 0 Å². The van der Waals surface area contributed by atoms with Crippen LogP contribution in [0.15, 0.2) is 6.07 Å². The third-order valence-corrected chi connectivity index (χ3v) is 2.46. The highest BCUT2D eigenvalue weighted by molar-refractivity contribution is 5.47. The van der Waals surface area contributed by atoms with E-state index in [1.165, 1.54) is 0 Å². The summed E-state index contributed by atoms with van der Waals surface area (Å²) >= 11 is 0. The third-order valence-electron chi connectivity index (χ3n) is 2.46. The first kappa shape index (κ1) is 14.6. The van der Waals surface area contributed by atoms with Gasteiger partial charge in [0.2, 0.25) is 0 Å². The Labute approximate surface area is 105 Å². The number of nitrogens with zero attached hydrogens (tertiary/aromatic N) is 2. The van der Waals surface area contributed by atoms with E-state index >= 15 is 0 Å². The summed E-state index contributed by atoms with van der Waals surface area (Å²) in [6, 6.07) is 0.772. The van der Waals surface area contributed by atoms with Crippen molar-refractivity contribution in [3.63, 3.8) is 0 Å². The number of rotatable bonds is 6. The SMILES string of the molecule is CC(CCN(C)C)Nc1nc(NN)c(F)cc1F. The van der Waals surface area contributed by atoms with Gasteiger partial charge >= 0.3 is 0 Å². The number of halogens is 2. The van der Waals surface area contributed by atoms with E-state index in [4.69, 9.17) is 5.84 Å². The fourth-order valence-corrected chi connectivity index (χ4v) is 1.43. The van der Waals surface area contributed by atoms with Crippen molar-refractivity contribution in [2.75, 3.05) is 31.4 Å². The number of hydrazine groups is 1. The molecule has 4 N–H and O–H groups in total. The minimum absolute atomic E-state index is 0.00407. The third kappa shape index (κ3) is 4.08. The molecule has 1 aromatic rings. The highest BCUT2D eigenvalue weighted by Gasteiger charge is 2.13. The molecular weight excluding hydrogens is 240 g/mol. The molecule has 1 atom stereocenters. The van der Waals surface area contributed by atoms with Crippen LogP contribution < -0.4 is 16.6 Å². The fourth-order valence-electron chi connectivity index (χ4n) is 1.43. The Morgan fingerprint density at radius 3 is 2.50 bits per heavy atom. The zero-order valence-corrected chi connectivity index (χ0v) is 10.8. The second-order valence-corrected chi connectivity index (χ2v) is 4.43. The lowest BCUT2D eigenvalue weighted by Gasteiger charge is -2.18. The molecule has 18 heavy (non-hydrogen) atoms. The van der Waals surface area contributed by atoms with Gasteiger partial charge in [-0.3, -0.25) is 0 Å². The van der Waals surface area contributed by atoms with Crippen molar-refractivity contribution in [2.45, 2.75) is 19.4 Å². The Balaban J connectivity index is 2.71. The minimum Gasteiger partial charge on any atom is -0.365 e. The normalized spacial score (nSPS) is 12.6. The van der Waals surface area contributed by atoms with Gasteiger partial charge in [-0.2, -0.15) is 0 Å². The molecule has 0 spiro atoms. The molecule has 1 rings (SSSR count). The number of hydrogen-bond acceptors (Lipinski definition) is 5. The monoisotopic (exact) mass is 259 g/mol. The van der Waals surface area contributed by atoms with Crippen molar-refractivity contribution in [1.29, 1.82) is 0 Å². The smallest absolute Gasteiger partial charge is 0.178 e. The van der Waals surface area contributed by atoms with Crippen LogP contribution >= 0.6 is 0 Å². The highest BCUT2D eigenvalue weighted by Crippen LogP contribution is 2.19. The van der Waals surface area contributed by atoms with Crippen LogP contribution in [0.3, 0.4) is 0 Å².